The third-order valence-corrected chi connectivity index (χ3v) is 2.00. The van der Waals surface area contributed by atoms with Gasteiger partial charge in [0.25, 0.3) is 0 Å². The van der Waals surface area contributed by atoms with Crippen LogP contribution in [0.5, 0.6) is 0 Å². The van der Waals surface area contributed by atoms with Crippen LogP contribution in [-0.4, -0.2) is 36.6 Å². The summed E-state index contributed by atoms with van der Waals surface area (Å²) in [5.41, 5.74) is 0.343. The molecule has 1 saturated heterocycles. The van der Waals surface area contributed by atoms with Gasteiger partial charge in [-0.3, -0.25) is 0 Å². The molecule has 2 nitrogen and oxygen atoms in total. The third-order valence-electron chi connectivity index (χ3n) is 2.00. The summed E-state index contributed by atoms with van der Waals surface area (Å²) >= 11 is 0. The zero-order chi connectivity index (χ0) is 7.61. The molecule has 0 aromatic carbocycles. The molecule has 0 unspecified atom stereocenters. The summed E-state index contributed by atoms with van der Waals surface area (Å²) in [6.45, 7) is 11.1. The maximum atomic E-state index is 4.30. The molecule has 0 aromatic heterocycles. The van der Waals surface area contributed by atoms with Crippen LogP contribution in [-0.2, 0) is 20.4 Å². The molecule has 0 aromatic rings. The molecule has 1 heterocycles. The van der Waals surface area contributed by atoms with E-state index in [0.29, 0.717) is 5.54 Å². The molecule has 11 heavy (non-hydrogen) atoms. The second-order valence-electron chi connectivity index (χ2n) is 3.83. The molecule has 67 valence electrons. The van der Waals surface area contributed by atoms with Crippen LogP contribution in [0.1, 0.15) is 20.8 Å². The van der Waals surface area contributed by atoms with Gasteiger partial charge >= 0.3 is 0 Å². The van der Waals surface area contributed by atoms with Crippen molar-refractivity contribution in [3.05, 3.63) is 5.32 Å². The Morgan fingerprint density at radius 3 is 1.82 bits per heavy atom. The van der Waals surface area contributed by atoms with E-state index in [4.69, 9.17) is 0 Å². The number of nitrogens with zero attached hydrogens (tertiary/aromatic N) is 2. The van der Waals surface area contributed by atoms with E-state index in [0.717, 1.165) is 26.2 Å². The summed E-state index contributed by atoms with van der Waals surface area (Å²) in [7, 11) is 0. The average molecular weight is 327 g/mol. The standard InChI is InChI=1S/C8H17N2.Re/c1-8(2,3)10-6-4-9-5-7-10;/h4-7H2,1-3H3;/q-1;. The number of hydrogen-bond acceptors (Lipinski definition) is 1. The summed E-state index contributed by atoms with van der Waals surface area (Å²) in [4.78, 5) is 2.49. The number of hydrogen-bond donors (Lipinski definition) is 0. The van der Waals surface area contributed by atoms with Gasteiger partial charge in [0.05, 0.1) is 0 Å². The second kappa shape index (κ2) is 4.57. The van der Waals surface area contributed by atoms with Crippen molar-refractivity contribution in [3.63, 3.8) is 0 Å². The van der Waals surface area contributed by atoms with Crippen LogP contribution in [0, 0.1) is 0 Å². The Morgan fingerprint density at radius 1 is 1.09 bits per heavy atom. The van der Waals surface area contributed by atoms with Crippen molar-refractivity contribution < 1.29 is 20.4 Å². The quantitative estimate of drug-likeness (QED) is 0.659. The van der Waals surface area contributed by atoms with Crippen LogP contribution in [0.2, 0.25) is 0 Å². The predicted molar refractivity (Wildman–Crippen MR) is 44.4 cm³/mol. The fraction of sp³-hybridized carbons (Fsp3) is 1.00. The average Bonchev–Trinajstić information content (AvgIpc) is 1.88. The van der Waals surface area contributed by atoms with Gasteiger partial charge in [0, 0.05) is 26.0 Å². The van der Waals surface area contributed by atoms with E-state index >= 15 is 0 Å². The van der Waals surface area contributed by atoms with Gasteiger partial charge in [0.2, 0.25) is 0 Å². The molecule has 1 radical (unpaired) electrons. The van der Waals surface area contributed by atoms with Gasteiger partial charge in [-0.25, -0.2) is 0 Å². The Morgan fingerprint density at radius 2 is 1.55 bits per heavy atom. The van der Waals surface area contributed by atoms with Crippen molar-refractivity contribution in [2.24, 2.45) is 0 Å². The van der Waals surface area contributed by atoms with Gasteiger partial charge in [-0.1, -0.05) is 0 Å². The predicted octanol–water partition coefficient (Wildman–Crippen LogP) is 1.47. The number of rotatable bonds is 0. The largest absolute Gasteiger partial charge is 0.660 e. The molecule has 0 saturated carbocycles. The van der Waals surface area contributed by atoms with E-state index in [1.807, 2.05) is 0 Å². The van der Waals surface area contributed by atoms with Gasteiger partial charge in [0.1, 0.15) is 0 Å². The molecule has 1 rings (SSSR count). The molecule has 1 aliphatic rings. The van der Waals surface area contributed by atoms with Crippen molar-refractivity contribution in [3.8, 4) is 0 Å². The zero-order valence-corrected chi connectivity index (χ0v) is 10.3. The Labute approximate surface area is 83.4 Å². The summed E-state index contributed by atoms with van der Waals surface area (Å²) in [5.74, 6) is 0. The Hall–Kier alpha value is 0.582. The summed E-state index contributed by atoms with van der Waals surface area (Å²) < 4.78 is 0. The van der Waals surface area contributed by atoms with Gasteiger partial charge in [-0.2, -0.15) is 0 Å². The molecule has 3 heteroatoms. The molecular weight excluding hydrogens is 310 g/mol. The van der Waals surface area contributed by atoms with E-state index < -0.39 is 0 Å². The molecular formula is C8H17N2Re-. The van der Waals surface area contributed by atoms with Gasteiger partial charge in [0.15, 0.2) is 0 Å². The number of piperazine rings is 1. The normalized spacial score (nSPS) is 21.0. The van der Waals surface area contributed by atoms with E-state index in [1.165, 1.54) is 0 Å². The fourth-order valence-corrected chi connectivity index (χ4v) is 1.28. The van der Waals surface area contributed by atoms with Crippen molar-refractivity contribution >= 4 is 0 Å². The van der Waals surface area contributed by atoms with Crippen LogP contribution in [0.3, 0.4) is 0 Å². The molecule has 0 bridgehead atoms. The fourth-order valence-electron chi connectivity index (χ4n) is 1.28. The monoisotopic (exact) mass is 328 g/mol. The molecule has 0 spiro atoms. The summed E-state index contributed by atoms with van der Waals surface area (Å²) in [6, 6.07) is 0. The molecule has 0 amide bonds. The van der Waals surface area contributed by atoms with Crippen LogP contribution in [0.4, 0.5) is 0 Å². The smallest absolute Gasteiger partial charge is 0.0123 e. The summed E-state index contributed by atoms with van der Waals surface area (Å²) in [5, 5.41) is 4.30. The van der Waals surface area contributed by atoms with E-state index in [1.54, 1.807) is 0 Å². The Balaban J connectivity index is 0.000001000. The van der Waals surface area contributed by atoms with Gasteiger partial charge < -0.3 is 10.2 Å². The van der Waals surface area contributed by atoms with Crippen molar-refractivity contribution in [2.45, 2.75) is 26.3 Å². The Bertz CT molecular complexity index is 103. The molecule has 0 aliphatic carbocycles. The van der Waals surface area contributed by atoms with Gasteiger partial charge in [-0.05, 0) is 33.9 Å². The van der Waals surface area contributed by atoms with Crippen LogP contribution >= 0.6 is 0 Å². The molecule has 1 aliphatic heterocycles. The van der Waals surface area contributed by atoms with Gasteiger partial charge in [-0.15, -0.1) is 13.1 Å². The van der Waals surface area contributed by atoms with Crippen LogP contribution in [0.15, 0.2) is 0 Å². The minimum atomic E-state index is 0. The minimum absolute atomic E-state index is 0. The first-order valence-electron chi connectivity index (χ1n) is 3.99. The van der Waals surface area contributed by atoms with Crippen LogP contribution < -0.4 is 0 Å². The first kappa shape index (κ1) is 11.6. The van der Waals surface area contributed by atoms with E-state index in [9.17, 15) is 0 Å². The minimum Gasteiger partial charge on any atom is -0.660 e. The van der Waals surface area contributed by atoms with E-state index in [-0.39, 0.29) is 20.4 Å². The first-order valence-corrected chi connectivity index (χ1v) is 3.99. The Kier molecular flexibility index (Phi) is 4.81. The van der Waals surface area contributed by atoms with Crippen LogP contribution in [0.25, 0.3) is 5.32 Å². The van der Waals surface area contributed by atoms with Crippen molar-refractivity contribution in [1.82, 2.24) is 4.90 Å². The first-order chi connectivity index (χ1) is 4.61. The molecule has 0 N–H and O–H groups in total. The maximum Gasteiger partial charge on any atom is 0.0123 e. The second-order valence-corrected chi connectivity index (χ2v) is 3.83. The zero-order valence-electron chi connectivity index (χ0n) is 7.60. The SMILES string of the molecule is CC(C)(C)N1CC[N-]CC1.[Re]. The summed E-state index contributed by atoms with van der Waals surface area (Å²) in [6.07, 6.45) is 0. The third kappa shape index (κ3) is 3.67. The van der Waals surface area contributed by atoms with E-state index in [2.05, 4.69) is 31.0 Å². The topological polar surface area (TPSA) is 17.3 Å². The van der Waals surface area contributed by atoms with Crippen molar-refractivity contribution in [2.75, 3.05) is 26.2 Å². The maximum absolute atomic E-state index is 4.30. The molecule has 1 fully saturated rings. The van der Waals surface area contributed by atoms with Crippen molar-refractivity contribution in [1.29, 1.82) is 0 Å². The molecule has 0 atom stereocenters.